The van der Waals surface area contributed by atoms with Crippen molar-refractivity contribution in [1.29, 1.82) is 0 Å². The Balaban J connectivity index is 2.48. The minimum atomic E-state index is 0.403. The lowest BCUT2D eigenvalue weighted by Crippen LogP contribution is -2.30. The van der Waals surface area contributed by atoms with E-state index in [-0.39, 0.29) is 0 Å². The first-order chi connectivity index (χ1) is 3.30. The van der Waals surface area contributed by atoms with Crippen LogP contribution in [0.15, 0.2) is 0 Å². The highest BCUT2D eigenvalue weighted by Crippen LogP contribution is 1.94. The fourth-order valence-electron chi connectivity index (χ4n) is 0.406. The maximum Gasteiger partial charge on any atom is 0.273 e. The van der Waals surface area contributed by atoms with E-state index < -0.39 is 0 Å². The van der Waals surface area contributed by atoms with Crippen molar-refractivity contribution in [3.63, 3.8) is 0 Å². The molecule has 0 radical (unpaired) electrons. The summed E-state index contributed by atoms with van der Waals surface area (Å²) in [6, 6.07) is 0. The molecule has 0 aromatic rings. The van der Waals surface area contributed by atoms with Crippen LogP contribution in [0.1, 0.15) is 0 Å². The van der Waals surface area contributed by atoms with Crippen LogP contribution in [-0.4, -0.2) is 23.3 Å². The van der Waals surface area contributed by atoms with Gasteiger partial charge in [-0.1, -0.05) is 0 Å². The van der Waals surface area contributed by atoms with Gasteiger partial charge in [0.2, 0.25) is 0 Å². The van der Waals surface area contributed by atoms with E-state index in [1.807, 2.05) is 0 Å². The van der Waals surface area contributed by atoms with Gasteiger partial charge >= 0.3 is 0 Å². The van der Waals surface area contributed by atoms with Gasteiger partial charge in [-0.15, -0.1) is 0 Å². The summed E-state index contributed by atoms with van der Waals surface area (Å²) in [5.74, 6) is 5.25. The predicted octanol–water partition coefficient (Wildman–Crippen LogP) is -0.523. The number of rotatable bonds is 0. The summed E-state index contributed by atoms with van der Waals surface area (Å²) in [6.45, 7) is 1.36. The third-order valence-electron chi connectivity index (χ3n) is 0.792. The van der Waals surface area contributed by atoms with Crippen molar-refractivity contribution in [2.45, 2.75) is 0 Å². The number of hydrazine groups is 1. The Labute approximate surface area is 47.0 Å². The van der Waals surface area contributed by atoms with Gasteiger partial charge in [0, 0.05) is 0 Å². The maximum atomic E-state index is 5.25. The zero-order valence-corrected chi connectivity index (χ0v) is 4.57. The fraction of sp³-hybridized carbons (Fsp3) is 0.667. The second-order valence-corrected chi connectivity index (χ2v) is 1.66. The molecular weight excluding hydrogens is 112 g/mol. The summed E-state index contributed by atoms with van der Waals surface area (Å²) in [6.07, 6.45) is 0. The number of hydrogen-bond acceptors (Lipinski definition) is 3. The smallest absolute Gasteiger partial charge is 0.273 e. The molecule has 0 saturated carbocycles. The molecule has 0 aromatic carbocycles. The molecular formula is C3H6N2OS. The fourth-order valence-corrected chi connectivity index (χ4v) is 0.580. The Morgan fingerprint density at radius 2 is 2.57 bits per heavy atom. The minimum Gasteiger partial charge on any atom is -0.468 e. The van der Waals surface area contributed by atoms with Crippen LogP contribution in [0.4, 0.5) is 0 Å². The summed E-state index contributed by atoms with van der Waals surface area (Å²) >= 11 is 4.62. The molecule has 0 atom stereocenters. The van der Waals surface area contributed by atoms with Crippen LogP contribution in [0.25, 0.3) is 0 Å². The zero-order valence-electron chi connectivity index (χ0n) is 3.76. The molecule has 0 aromatic heterocycles. The lowest BCUT2D eigenvalue weighted by molar-refractivity contribution is 0.360. The number of nitrogens with zero attached hydrogens (tertiary/aromatic N) is 1. The van der Waals surface area contributed by atoms with Gasteiger partial charge in [-0.3, -0.25) is 5.01 Å². The first kappa shape index (κ1) is 4.80. The molecule has 0 unspecified atom stereocenters. The monoisotopic (exact) mass is 118 g/mol. The summed E-state index contributed by atoms with van der Waals surface area (Å²) < 4.78 is 4.80. The Kier molecular flexibility index (Phi) is 1.12. The molecule has 7 heavy (non-hydrogen) atoms. The Hall–Kier alpha value is -0.350. The van der Waals surface area contributed by atoms with Crippen LogP contribution >= 0.6 is 12.2 Å². The molecule has 1 heterocycles. The summed E-state index contributed by atoms with van der Waals surface area (Å²) in [7, 11) is 0. The third kappa shape index (κ3) is 0.808. The van der Waals surface area contributed by atoms with E-state index in [4.69, 9.17) is 10.6 Å². The van der Waals surface area contributed by atoms with E-state index in [1.165, 1.54) is 5.01 Å². The molecule has 2 N–H and O–H groups in total. The largest absolute Gasteiger partial charge is 0.468 e. The van der Waals surface area contributed by atoms with Crippen molar-refractivity contribution in [3.8, 4) is 0 Å². The average molecular weight is 118 g/mol. The number of thiocarbonyl (C=S) groups is 1. The number of hydrogen-bond donors (Lipinski definition) is 1. The van der Waals surface area contributed by atoms with E-state index in [1.54, 1.807) is 0 Å². The molecule has 0 amide bonds. The van der Waals surface area contributed by atoms with Gasteiger partial charge in [0.05, 0.1) is 6.54 Å². The molecule has 4 heteroatoms. The lowest BCUT2D eigenvalue weighted by Gasteiger charge is -2.02. The van der Waals surface area contributed by atoms with E-state index >= 15 is 0 Å². The number of nitrogens with two attached hydrogens (primary N) is 1. The Bertz CT molecular complexity index is 94.9. The van der Waals surface area contributed by atoms with Crippen molar-refractivity contribution in [2.75, 3.05) is 13.2 Å². The first-order valence-electron chi connectivity index (χ1n) is 1.99. The zero-order chi connectivity index (χ0) is 5.28. The Morgan fingerprint density at radius 3 is 2.71 bits per heavy atom. The van der Waals surface area contributed by atoms with Gasteiger partial charge in [0.15, 0.2) is 0 Å². The summed E-state index contributed by atoms with van der Waals surface area (Å²) in [5, 5.41) is 1.81. The second kappa shape index (κ2) is 1.63. The van der Waals surface area contributed by atoms with Crippen molar-refractivity contribution in [3.05, 3.63) is 0 Å². The first-order valence-corrected chi connectivity index (χ1v) is 2.40. The molecule has 1 fully saturated rings. The van der Waals surface area contributed by atoms with Crippen molar-refractivity contribution in [2.24, 2.45) is 5.84 Å². The van der Waals surface area contributed by atoms with Gasteiger partial charge < -0.3 is 4.74 Å². The highest BCUT2D eigenvalue weighted by atomic mass is 32.1. The van der Waals surface area contributed by atoms with Crippen LogP contribution in [0.3, 0.4) is 0 Å². The molecule has 3 nitrogen and oxygen atoms in total. The Morgan fingerprint density at radius 1 is 1.86 bits per heavy atom. The van der Waals surface area contributed by atoms with Crippen molar-refractivity contribution < 1.29 is 4.74 Å². The van der Waals surface area contributed by atoms with E-state index in [9.17, 15) is 0 Å². The molecule has 1 rings (SSSR count). The topological polar surface area (TPSA) is 38.5 Å². The van der Waals surface area contributed by atoms with E-state index in [0.717, 1.165) is 6.54 Å². The second-order valence-electron chi connectivity index (χ2n) is 1.31. The van der Waals surface area contributed by atoms with Crippen molar-refractivity contribution in [1.82, 2.24) is 5.01 Å². The normalized spacial score (nSPS) is 20.1. The predicted molar refractivity (Wildman–Crippen MR) is 29.4 cm³/mol. The number of ether oxygens (including phenoxy) is 1. The SMILES string of the molecule is NN1CCOC1=S. The van der Waals surface area contributed by atoms with E-state index in [0.29, 0.717) is 11.8 Å². The standard InChI is InChI=1S/C3H6N2OS/c4-5-1-2-6-3(5)7/h1-2,4H2. The van der Waals surface area contributed by atoms with E-state index in [2.05, 4.69) is 12.2 Å². The van der Waals surface area contributed by atoms with Gasteiger partial charge in [-0.2, -0.15) is 0 Å². The molecule has 0 aliphatic carbocycles. The lowest BCUT2D eigenvalue weighted by atomic mass is 10.7. The van der Waals surface area contributed by atoms with Gasteiger partial charge in [-0.25, -0.2) is 5.84 Å². The molecule has 1 aliphatic heterocycles. The highest BCUT2D eigenvalue weighted by molar-refractivity contribution is 7.80. The summed E-state index contributed by atoms with van der Waals surface area (Å²) in [5.41, 5.74) is 0. The quantitative estimate of drug-likeness (QED) is 0.343. The third-order valence-corrected chi connectivity index (χ3v) is 1.14. The van der Waals surface area contributed by atoms with Gasteiger partial charge in [0.1, 0.15) is 6.61 Å². The minimum absolute atomic E-state index is 0.403. The maximum absolute atomic E-state index is 5.25. The van der Waals surface area contributed by atoms with Gasteiger partial charge in [0.25, 0.3) is 5.17 Å². The summed E-state index contributed by atoms with van der Waals surface area (Å²) in [4.78, 5) is 0. The molecule has 0 bridgehead atoms. The van der Waals surface area contributed by atoms with Crippen LogP contribution in [0.2, 0.25) is 0 Å². The molecule has 1 saturated heterocycles. The van der Waals surface area contributed by atoms with Crippen LogP contribution in [0.5, 0.6) is 0 Å². The average Bonchev–Trinajstić information content (AvgIpc) is 1.91. The molecule has 1 aliphatic rings. The highest BCUT2D eigenvalue weighted by Gasteiger charge is 2.12. The van der Waals surface area contributed by atoms with Crippen molar-refractivity contribution >= 4 is 17.4 Å². The molecule has 40 valence electrons. The van der Waals surface area contributed by atoms with Crippen LogP contribution in [0, 0.1) is 0 Å². The van der Waals surface area contributed by atoms with Crippen LogP contribution < -0.4 is 5.84 Å². The van der Waals surface area contributed by atoms with Gasteiger partial charge in [-0.05, 0) is 12.2 Å². The molecule has 0 spiro atoms. The van der Waals surface area contributed by atoms with Crippen LogP contribution in [-0.2, 0) is 4.74 Å².